The maximum atomic E-state index is 10.5. The highest BCUT2D eigenvalue weighted by Crippen LogP contribution is 2.04. The lowest BCUT2D eigenvalue weighted by Crippen LogP contribution is -2.34. The maximum absolute atomic E-state index is 10.5. The summed E-state index contributed by atoms with van der Waals surface area (Å²) in [5.74, 6) is 0.458. The average molecular weight is 223 g/mol. The van der Waals surface area contributed by atoms with Gasteiger partial charge in [0.05, 0.1) is 0 Å². The summed E-state index contributed by atoms with van der Waals surface area (Å²) in [7, 11) is 0. The van der Waals surface area contributed by atoms with Crippen molar-refractivity contribution in [2.75, 3.05) is 11.5 Å². The average Bonchev–Trinajstić information content (AvgIpc) is 2.10. The first-order chi connectivity index (χ1) is 6.22. The minimum atomic E-state index is -0.835. The summed E-state index contributed by atoms with van der Waals surface area (Å²) in [4.78, 5) is 10.5. The molecule has 0 unspecified atom stereocenters. The van der Waals surface area contributed by atoms with Gasteiger partial charge >= 0.3 is 5.97 Å². The number of aliphatic carboxylic acids is 1. The Bertz CT molecular complexity index is 144. The Morgan fingerprint density at radius 1 is 1.62 bits per heavy atom. The van der Waals surface area contributed by atoms with Gasteiger partial charge in [-0.15, -0.1) is 0 Å². The van der Waals surface area contributed by atoms with E-state index in [0.29, 0.717) is 5.75 Å². The summed E-state index contributed by atoms with van der Waals surface area (Å²) in [6, 6.07) is -0.532. The zero-order valence-electron chi connectivity index (χ0n) is 7.82. The van der Waals surface area contributed by atoms with Crippen LogP contribution < -0.4 is 4.72 Å². The molecule has 13 heavy (non-hydrogen) atoms. The highest BCUT2D eigenvalue weighted by molar-refractivity contribution is 7.97. The summed E-state index contributed by atoms with van der Waals surface area (Å²) in [6.45, 7) is 2.14. The molecule has 0 heterocycles. The van der Waals surface area contributed by atoms with Gasteiger partial charge in [-0.3, -0.25) is 4.79 Å². The van der Waals surface area contributed by atoms with Gasteiger partial charge < -0.3 is 5.11 Å². The standard InChI is InChI=1S/C8H17NO2S2/c1-2-3-4-5-13-9-7(6-12)8(10)11/h7,9,12H,2-6H2,1H3,(H,10,11)/t7-/m0/s1. The predicted octanol–water partition coefficient (Wildman–Crippen LogP) is 1.80. The molecule has 0 amide bonds. The van der Waals surface area contributed by atoms with E-state index < -0.39 is 12.0 Å². The Hall–Kier alpha value is 0.130. The van der Waals surface area contributed by atoms with Crippen LogP contribution in [0, 0.1) is 0 Å². The molecule has 0 aromatic rings. The first kappa shape index (κ1) is 13.1. The topological polar surface area (TPSA) is 49.3 Å². The lowest BCUT2D eigenvalue weighted by atomic mass is 10.3. The maximum Gasteiger partial charge on any atom is 0.322 e. The lowest BCUT2D eigenvalue weighted by Gasteiger charge is -2.10. The number of hydrogen-bond acceptors (Lipinski definition) is 4. The van der Waals surface area contributed by atoms with Gasteiger partial charge in [-0.2, -0.15) is 12.6 Å². The van der Waals surface area contributed by atoms with Gasteiger partial charge in [0.15, 0.2) is 0 Å². The van der Waals surface area contributed by atoms with Gasteiger partial charge in [0, 0.05) is 11.5 Å². The molecule has 0 aromatic carbocycles. The summed E-state index contributed by atoms with van der Waals surface area (Å²) >= 11 is 5.42. The number of unbranched alkanes of at least 4 members (excludes halogenated alkanes) is 2. The molecule has 0 saturated carbocycles. The van der Waals surface area contributed by atoms with Crippen molar-refractivity contribution in [2.24, 2.45) is 0 Å². The lowest BCUT2D eigenvalue weighted by molar-refractivity contribution is -0.138. The zero-order valence-corrected chi connectivity index (χ0v) is 9.53. The molecule has 0 radical (unpaired) electrons. The van der Waals surface area contributed by atoms with E-state index in [9.17, 15) is 4.79 Å². The van der Waals surface area contributed by atoms with Crippen molar-refractivity contribution in [1.29, 1.82) is 0 Å². The molecule has 0 spiro atoms. The van der Waals surface area contributed by atoms with Crippen molar-refractivity contribution in [1.82, 2.24) is 4.72 Å². The fraction of sp³-hybridized carbons (Fsp3) is 0.875. The third-order valence-electron chi connectivity index (χ3n) is 1.56. The number of carboxylic acid groups (broad SMARTS) is 1. The number of carboxylic acids is 1. The van der Waals surface area contributed by atoms with Crippen LogP contribution in [0.4, 0.5) is 0 Å². The van der Waals surface area contributed by atoms with Crippen LogP contribution in [0.15, 0.2) is 0 Å². The van der Waals surface area contributed by atoms with E-state index in [2.05, 4.69) is 24.3 Å². The summed E-state index contributed by atoms with van der Waals surface area (Å²) < 4.78 is 2.87. The van der Waals surface area contributed by atoms with Crippen molar-refractivity contribution in [3.8, 4) is 0 Å². The molecule has 0 aliphatic heterocycles. The molecule has 0 aliphatic carbocycles. The molecule has 0 aromatic heterocycles. The minimum Gasteiger partial charge on any atom is -0.480 e. The highest BCUT2D eigenvalue weighted by atomic mass is 32.2. The van der Waals surface area contributed by atoms with Crippen molar-refractivity contribution >= 4 is 30.5 Å². The molecule has 0 fully saturated rings. The molecule has 0 aliphatic rings. The fourth-order valence-corrected chi connectivity index (χ4v) is 1.97. The molecular formula is C8H17NO2S2. The molecule has 0 rings (SSSR count). The van der Waals surface area contributed by atoms with Gasteiger partial charge in [-0.1, -0.05) is 31.7 Å². The van der Waals surface area contributed by atoms with Crippen LogP contribution in [0.5, 0.6) is 0 Å². The predicted molar refractivity (Wildman–Crippen MR) is 60.4 cm³/mol. The quantitative estimate of drug-likeness (QED) is 0.334. The second-order valence-corrected chi connectivity index (χ2v) is 4.04. The van der Waals surface area contributed by atoms with E-state index in [0.717, 1.165) is 12.2 Å². The van der Waals surface area contributed by atoms with Crippen molar-refractivity contribution in [3.05, 3.63) is 0 Å². The molecule has 2 N–H and O–H groups in total. The number of rotatable bonds is 8. The minimum absolute atomic E-state index is 0.329. The van der Waals surface area contributed by atoms with Crippen LogP contribution >= 0.6 is 24.6 Å². The Labute approximate surface area is 89.2 Å². The normalized spacial score (nSPS) is 12.8. The van der Waals surface area contributed by atoms with E-state index in [-0.39, 0.29) is 0 Å². The van der Waals surface area contributed by atoms with Crippen LogP contribution in [0.25, 0.3) is 0 Å². The largest absolute Gasteiger partial charge is 0.480 e. The first-order valence-corrected chi connectivity index (χ1v) is 6.05. The van der Waals surface area contributed by atoms with E-state index in [1.807, 2.05) is 0 Å². The van der Waals surface area contributed by atoms with E-state index in [1.165, 1.54) is 24.8 Å². The van der Waals surface area contributed by atoms with Gasteiger partial charge in [0.2, 0.25) is 0 Å². The van der Waals surface area contributed by atoms with Gasteiger partial charge in [-0.05, 0) is 6.42 Å². The molecular weight excluding hydrogens is 206 g/mol. The smallest absolute Gasteiger partial charge is 0.322 e. The molecule has 3 nitrogen and oxygen atoms in total. The summed E-state index contributed by atoms with van der Waals surface area (Å²) in [6.07, 6.45) is 3.52. The van der Waals surface area contributed by atoms with Crippen LogP contribution in [0.3, 0.4) is 0 Å². The Balaban J connectivity index is 3.33. The number of thiol groups is 1. The first-order valence-electron chi connectivity index (χ1n) is 4.43. The molecule has 5 heteroatoms. The summed E-state index contributed by atoms with van der Waals surface area (Å²) in [5.41, 5.74) is 0. The second kappa shape index (κ2) is 8.72. The Kier molecular flexibility index (Phi) is 8.80. The fourth-order valence-electron chi connectivity index (χ4n) is 0.750. The van der Waals surface area contributed by atoms with Crippen molar-refractivity contribution in [2.45, 2.75) is 32.2 Å². The molecule has 0 saturated heterocycles. The van der Waals surface area contributed by atoms with Gasteiger partial charge in [0.1, 0.15) is 6.04 Å². The van der Waals surface area contributed by atoms with Crippen LogP contribution in [0.2, 0.25) is 0 Å². The summed E-state index contributed by atoms with van der Waals surface area (Å²) in [5, 5.41) is 8.65. The van der Waals surface area contributed by atoms with Crippen molar-refractivity contribution in [3.63, 3.8) is 0 Å². The monoisotopic (exact) mass is 223 g/mol. The van der Waals surface area contributed by atoms with E-state index in [1.54, 1.807) is 0 Å². The highest BCUT2D eigenvalue weighted by Gasteiger charge is 2.13. The second-order valence-electron chi connectivity index (χ2n) is 2.75. The SMILES string of the molecule is CCCCCSN[C@@H](CS)C(=O)O. The number of carbonyl (C=O) groups is 1. The van der Waals surface area contributed by atoms with E-state index >= 15 is 0 Å². The van der Waals surface area contributed by atoms with Crippen LogP contribution in [-0.4, -0.2) is 28.6 Å². The Morgan fingerprint density at radius 3 is 2.77 bits per heavy atom. The molecule has 78 valence electrons. The number of hydrogen-bond donors (Lipinski definition) is 3. The Morgan fingerprint density at radius 2 is 2.31 bits per heavy atom. The van der Waals surface area contributed by atoms with Gasteiger partial charge in [-0.25, -0.2) is 4.72 Å². The van der Waals surface area contributed by atoms with Crippen LogP contribution in [0.1, 0.15) is 26.2 Å². The van der Waals surface area contributed by atoms with E-state index in [4.69, 9.17) is 5.11 Å². The van der Waals surface area contributed by atoms with Gasteiger partial charge in [0.25, 0.3) is 0 Å². The van der Waals surface area contributed by atoms with Crippen molar-refractivity contribution < 1.29 is 9.90 Å². The zero-order chi connectivity index (χ0) is 10.1. The molecule has 0 bridgehead atoms. The number of nitrogens with one attached hydrogen (secondary N) is 1. The third kappa shape index (κ3) is 7.22. The van der Waals surface area contributed by atoms with Crippen LogP contribution in [-0.2, 0) is 4.79 Å². The third-order valence-corrected chi connectivity index (χ3v) is 2.87. The molecule has 1 atom stereocenters.